The summed E-state index contributed by atoms with van der Waals surface area (Å²) < 4.78 is 0.882. The molecule has 0 heterocycles. The minimum atomic E-state index is 0.882. The van der Waals surface area contributed by atoms with E-state index in [2.05, 4.69) is 70.1 Å². The first-order valence-corrected chi connectivity index (χ1v) is 11.9. The van der Waals surface area contributed by atoms with Gasteiger partial charge in [-0.1, -0.05) is 45.6 Å². The van der Waals surface area contributed by atoms with E-state index < -0.39 is 0 Å². The van der Waals surface area contributed by atoms with Gasteiger partial charge in [0, 0.05) is 18.7 Å². The number of benzene rings is 1. The normalized spacial score (nSPS) is 12.1. The molecule has 0 aliphatic rings. The van der Waals surface area contributed by atoms with Crippen molar-refractivity contribution in [3.05, 3.63) is 29.3 Å². The molecule has 0 spiro atoms. The van der Waals surface area contributed by atoms with Crippen molar-refractivity contribution in [3.8, 4) is 0 Å². The van der Waals surface area contributed by atoms with Crippen LogP contribution in [0.4, 0.5) is 5.69 Å². The van der Waals surface area contributed by atoms with Crippen molar-refractivity contribution >= 4 is 5.69 Å². The van der Waals surface area contributed by atoms with Crippen molar-refractivity contribution in [1.29, 1.82) is 0 Å². The number of quaternary nitrogens is 1. The first-order valence-electron chi connectivity index (χ1n) is 11.9. The minimum absolute atomic E-state index is 0.882. The Balaban J connectivity index is 2.60. The first-order chi connectivity index (χ1) is 13.5. The highest BCUT2D eigenvalue weighted by molar-refractivity contribution is 5.47. The minimum Gasteiger partial charge on any atom is -0.303 e. The largest absolute Gasteiger partial charge is 0.303 e. The Kier molecular flexibility index (Phi) is 12.7. The maximum absolute atomic E-state index is 3.90. The zero-order chi connectivity index (χ0) is 20.8. The van der Waals surface area contributed by atoms with Gasteiger partial charge in [0.1, 0.15) is 0 Å². The Labute approximate surface area is 176 Å². The van der Waals surface area contributed by atoms with Gasteiger partial charge in [-0.3, -0.25) is 0 Å². The SMILES string of the molecule is CCCCCN(CCCCC)CCCN[N+](CC)(CC)c1ccc(C)c(C)c1. The van der Waals surface area contributed by atoms with Gasteiger partial charge in [-0.25, -0.2) is 4.59 Å². The van der Waals surface area contributed by atoms with Crippen LogP contribution in [0.1, 0.15) is 83.8 Å². The molecule has 1 N–H and O–H groups in total. The fourth-order valence-corrected chi connectivity index (χ4v) is 4.00. The van der Waals surface area contributed by atoms with Crippen LogP contribution in [0.5, 0.6) is 0 Å². The van der Waals surface area contributed by atoms with Crippen LogP contribution in [0.2, 0.25) is 0 Å². The standard InChI is InChI=1S/C25H48N3/c1-7-11-13-19-27(20-14-12-8-2)21-15-18-26-28(9-3,10-4)25-17-16-23(5)24(6)22-25/h16-17,22,26H,7-15,18-21H2,1-6H3/q+1. The Morgan fingerprint density at radius 2 is 1.32 bits per heavy atom. The van der Waals surface area contributed by atoms with E-state index >= 15 is 0 Å². The summed E-state index contributed by atoms with van der Waals surface area (Å²) in [6, 6.07) is 6.95. The zero-order valence-electron chi connectivity index (χ0n) is 19.8. The van der Waals surface area contributed by atoms with Crippen molar-refractivity contribution in [3.63, 3.8) is 0 Å². The first kappa shape index (κ1) is 25.1. The van der Waals surface area contributed by atoms with Crippen LogP contribution in [0, 0.1) is 13.8 Å². The summed E-state index contributed by atoms with van der Waals surface area (Å²) in [5.74, 6) is 0. The summed E-state index contributed by atoms with van der Waals surface area (Å²) in [6.45, 7) is 20.6. The lowest BCUT2D eigenvalue weighted by Crippen LogP contribution is -2.60. The quantitative estimate of drug-likeness (QED) is 0.204. The fraction of sp³-hybridized carbons (Fsp3) is 0.760. The number of rotatable bonds is 16. The predicted octanol–water partition coefficient (Wildman–Crippen LogP) is 6.23. The van der Waals surface area contributed by atoms with Crippen molar-refractivity contribution < 1.29 is 0 Å². The van der Waals surface area contributed by atoms with E-state index in [1.54, 1.807) is 0 Å². The molecule has 0 saturated heterocycles. The molecular weight excluding hydrogens is 342 g/mol. The summed E-state index contributed by atoms with van der Waals surface area (Å²) in [6.07, 6.45) is 9.27. The summed E-state index contributed by atoms with van der Waals surface area (Å²) in [7, 11) is 0. The van der Waals surface area contributed by atoms with Gasteiger partial charge in [-0.05, 0) is 77.7 Å². The van der Waals surface area contributed by atoms with Crippen molar-refractivity contribution in [1.82, 2.24) is 14.9 Å². The molecular formula is C25H48N3+. The molecule has 0 fully saturated rings. The molecule has 0 aliphatic carbocycles. The maximum Gasteiger partial charge on any atom is 0.152 e. The van der Waals surface area contributed by atoms with Crippen LogP contribution in [-0.4, -0.2) is 44.2 Å². The lowest BCUT2D eigenvalue weighted by atomic mass is 10.1. The number of hydrogen-bond acceptors (Lipinski definition) is 2. The van der Waals surface area contributed by atoms with E-state index in [0.29, 0.717) is 0 Å². The van der Waals surface area contributed by atoms with E-state index in [1.165, 1.54) is 81.4 Å². The van der Waals surface area contributed by atoms with Crippen LogP contribution in [-0.2, 0) is 0 Å². The molecule has 0 saturated carbocycles. The predicted molar refractivity (Wildman–Crippen MR) is 127 cm³/mol. The van der Waals surface area contributed by atoms with Gasteiger partial charge >= 0.3 is 0 Å². The molecule has 0 bridgehead atoms. The lowest BCUT2D eigenvalue weighted by molar-refractivity contribution is 0.196. The van der Waals surface area contributed by atoms with E-state index in [4.69, 9.17) is 0 Å². The highest BCUT2D eigenvalue weighted by Gasteiger charge is 2.26. The molecule has 1 aromatic carbocycles. The van der Waals surface area contributed by atoms with Crippen molar-refractivity contribution in [2.45, 2.75) is 86.5 Å². The van der Waals surface area contributed by atoms with Gasteiger partial charge < -0.3 is 4.90 Å². The summed E-state index contributed by atoms with van der Waals surface area (Å²) >= 11 is 0. The smallest absolute Gasteiger partial charge is 0.152 e. The van der Waals surface area contributed by atoms with Gasteiger partial charge in [-0.2, -0.15) is 5.43 Å². The molecule has 28 heavy (non-hydrogen) atoms. The Hall–Kier alpha value is -0.900. The molecule has 0 aromatic heterocycles. The number of aryl methyl sites for hydroxylation is 2. The number of nitrogens with zero attached hydrogens (tertiary/aromatic N) is 2. The van der Waals surface area contributed by atoms with Gasteiger partial charge in [-0.15, -0.1) is 0 Å². The lowest BCUT2D eigenvalue weighted by Gasteiger charge is -2.36. The summed E-state index contributed by atoms with van der Waals surface area (Å²) in [5.41, 5.74) is 8.06. The summed E-state index contributed by atoms with van der Waals surface area (Å²) in [4.78, 5) is 2.70. The maximum atomic E-state index is 3.90. The van der Waals surface area contributed by atoms with Crippen LogP contribution < -0.4 is 10.0 Å². The molecule has 0 atom stereocenters. The second-order valence-electron chi connectivity index (χ2n) is 8.39. The van der Waals surface area contributed by atoms with Gasteiger partial charge in [0.25, 0.3) is 0 Å². The van der Waals surface area contributed by atoms with E-state index in [1.807, 2.05) is 0 Å². The van der Waals surface area contributed by atoms with Crippen LogP contribution in [0.3, 0.4) is 0 Å². The van der Waals surface area contributed by atoms with Gasteiger partial charge in [0.2, 0.25) is 0 Å². The zero-order valence-corrected chi connectivity index (χ0v) is 19.8. The topological polar surface area (TPSA) is 15.3 Å². The number of nitrogens with one attached hydrogen (secondary N) is 1. The molecule has 0 unspecified atom stereocenters. The van der Waals surface area contributed by atoms with Crippen molar-refractivity contribution in [2.75, 3.05) is 39.3 Å². The molecule has 162 valence electrons. The van der Waals surface area contributed by atoms with Crippen LogP contribution in [0.15, 0.2) is 18.2 Å². The average molecular weight is 391 g/mol. The third-order valence-electron chi connectivity index (χ3n) is 6.29. The second-order valence-corrected chi connectivity index (χ2v) is 8.39. The fourth-order valence-electron chi connectivity index (χ4n) is 4.00. The molecule has 3 heteroatoms. The van der Waals surface area contributed by atoms with Gasteiger partial charge in [0.15, 0.2) is 5.69 Å². The van der Waals surface area contributed by atoms with E-state index in [0.717, 1.165) is 24.2 Å². The number of unbranched alkanes of at least 4 members (excludes halogenated alkanes) is 4. The molecule has 0 aliphatic heterocycles. The Morgan fingerprint density at radius 1 is 0.750 bits per heavy atom. The Bertz CT molecular complexity index is 513. The Morgan fingerprint density at radius 3 is 1.82 bits per heavy atom. The molecule has 0 radical (unpaired) electrons. The van der Waals surface area contributed by atoms with E-state index in [-0.39, 0.29) is 0 Å². The third kappa shape index (κ3) is 8.23. The highest BCUT2D eigenvalue weighted by Crippen LogP contribution is 2.23. The summed E-state index contributed by atoms with van der Waals surface area (Å²) in [5, 5.41) is 0. The number of hydrogen-bond donors (Lipinski definition) is 1. The van der Waals surface area contributed by atoms with E-state index in [9.17, 15) is 0 Å². The molecule has 3 nitrogen and oxygen atoms in total. The van der Waals surface area contributed by atoms with Crippen molar-refractivity contribution in [2.24, 2.45) is 0 Å². The van der Waals surface area contributed by atoms with Crippen LogP contribution in [0.25, 0.3) is 0 Å². The van der Waals surface area contributed by atoms with Crippen LogP contribution >= 0.6 is 0 Å². The third-order valence-corrected chi connectivity index (χ3v) is 6.29. The van der Waals surface area contributed by atoms with Gasteiger partial charge in [0.05, 0.1) is 13.1 Å². The molecule has 0 amide bonds. The molecule has 1 aromatic rings. The average Bonchev–Trinajstić information content (AvgIpc) is 2.70. The highest BCUT2D eigenvalue weighted by atomic mass is 15.7. The monoisotopic (exact) mass is 390 g/mol. The molecule has 1 rings (SSSR count). The second kappa shape index (κ2) is 14.1.